The van der Waals surface area contributed by atoms with E-state index in [2.05, 4.69) is 40.0 Å². The van der Waals surface area contributed by atoms with Crippen molar-refractivity contribution in [3.8, 4) is 0 Å². The van der Waals surface area contributed by atoms with E-state index in [1.807, 2.05) is 0 Å². The van der Waals surface area contributed by atoms with Crippen LogP contribution in [0.25, 0.3) is 0 Å². The van der Waals surface area contributed by atoms with Crippen LogP contribution in [0.5, 0.6) is 0 Å². The van der Waals surface area contributed by atoms with Crippen molar-refractivity contribution >= 4 is 5.94 Å². The molecule has 0 aromatic rings. The molecule has 0 heterocycles. The summed E-state index contributed by atoms with van der Waals surface area (Å²) in [6.45, 7) is 14.2. The molecule has 0 rings (SSSR count). The van der Waals surface area contributed by atoms with Gasteiger partial charge in [-0.3, -0.25) is 0 Å². The molecule has 48 valence electrons. The fourth-order valence-corrected chi connectivity index (χ4v) is 0. The Labute approximate surface area is 46.8 Å². The van der Waals surface area contributed by atoms with Crippen molar-refractivity contribution in [1.29, 1.82) is 0 Å². The van der Waals surface area contributed by atoms with E-state index in [0.29, 0.717) is 0 Å². The topological polar surface area (TPSA) is 0 Å². The van der Waals surface area contributed by atoms with Gasteiger partial charge in [0, 0.05) is 0 Å². The average molecular weight is 121 g/mol. The minimum absolute atomic E-state index is 1.66. The van der Waals surface area contributed by atoms with Crippen LogP contribution in [-0.2, 0) is 0 Å². The molecule has 0 radical (unpaired) electrons. The van der Waals surface area contributed by atoms with Gasteiger partial charge in [0.2, 0.25) is 0 Å². The molecule has 0 aliphatic carbocycles. The number of hydrogen-bond donors (Lipinski definition) is 0. The Morgan fingerprint density at radius 3 is 0.571 bits per heavy atom. The SMILES string of the molecule is C[P-](C)(C)(C)(C)C. The maximum atomic E-state index is 2.37. The Bertz CT molecular complexity index is 62.7. The van der Waals surface area contributed by atoms with Crippen LogP contribution in [0.4, 0.5) is 0 Å². The second kappa shape index (κ2) is 0.796. The standard InChI is InChI=1S/C6H18P/c1-7(2,3,4,5)6/h1-6H3/q-1. The fraction of sp³-hybridized carbons (Fsp3) is 1.00. The van der Waals surface area contributed by atoms with E-state index in [1.165, 1.54) is 0 Å². The molecular weight excluding hydrogens is 103 g/mol. The van der Waals surface area contributed by atoms with E-state index in [0.717, 1.165) is 0 Å². The molecule has 0 N–H and O–H groups in total. The van der Waals surface area contributed by atoms with E-state index in [9.17, 15) is 0 Å². The van der Waals surface area contributed by atoms with E-state index in [4.69, 9.17) is 0 Å². The molecule has 0 aromatic heterocycles. The van der Waals surface area contributed by atoms with Gasteiger partial charge in [-0.2, -0.15) is 0 Å². The van der Waals surface area contributed by atoms with E-state index in [-0.39, 0.29) is 0 Å². The monoisotopic (exact) mass is 121 g/mol. The maximum absolute atomic E-state index is 2.37. The predicted molar refractivity (Wildman–Crippen MR) is 42.5 cm³/mol. The van der Waals surface area contributed by atoms with Crippen LogP contribution < -0.4 is 0 Å². The van der Waals surface area contributed by atoms with E-state index >= 15 is 0 Å². The third kappa shape index (κ3) is 682. The van der Waals surface area contributed by atoms with Crippen molar-refractivity contribution in [3.05, 3.63) is 0 Å². The predicted octanol–water partition coefficient (Wildman–Crippen LogP) is 1.85. The first-order valence-electron chi connectivity index (χ1n) is 2.68. The van der Waals surface area contributed by atoms with Crippen molar-refractivity contribution in [2.24, 2.45) is 0 Å². The molecule has 0 aliphatic heterocycles. The van der Waals surface area contributed by atoms with Gasteiger partial charge in [0.25, 0.3) is 0 Å². The molecular formula is C6H18P-. The van der Waals surface area contributed by atoms with Crippen LogP contribution in [0.2, 0.25) is 0 Å². The van der Waals surface area contributed by atoms with Crippen LogP contribution in [0.3, 0.4) is 0 Å². The molecule has 0 aliphatic rings. The quantitative estimate of drug-likeness (QED) is 0.429. The van der Waals surface area contributed by atoms with Crippen molar-refractivity contribution in [2.45, 2.75) is 0 Å². The third-order valence-electron chi connectivity index (χ3n) is 0. The molecule has 0 nitrogen and oxygen atoms in total. The molecule has 0 spiro atoms. The van der Waals surface area contributed by atoms with Gasteiger partial charge in [0.05, 0.1) is 0 Å². The van der Waals surface area contributed by atoms with E-state index in [1.54, 1.807) is 0 Å². The van der Waals surface area contributed by atoms with Gasteiger partial charge >= 0.3 is 45.9 Å². The molecule has 0 aromatic carbocycles. The Morgan fingerprint density at radius 2 is 0.571 bits per heavy atom. The van der Waals surface area contributed by atoms with Crippen LogP contribution >= 0.6 is 5.94 Å². The Kier molecular flexibility index (Phi) is 0.845. The molecule has 0 fully saturated rings. The van der Waals surface area contributed by atoms with Gasteiger partial charge in [-0.15, -0.1) is 0 Å². The van der Waals surface area contributed by atoms with Crippen molar-refractivity contribution in [1.82, 2.24) is 0 Å². The summed E-state index contributed by atoms with van der Waals surface area (Å²) in [6.07, 6.45) is 0. The molecule has 0 saturated carbocycles. The molecule has 0 unspecified atom stereocenters. The zero-order valence-electron chi connectivity index (χ0n) is 6.45. The molecule has 7 heavy (non-hydrogen) atoms. The van der Waals surface area contributed by atoms with Crippen LogP contribution in [0.15, 0.2) is 0 Å². The van der Waals surface area contributed by atoms with Gasteiger partial charge in [0.15, 0.2) is 0 Å². The van der Waals surface area contributed by atoms with Crippen LogP contribution in [0.1, 0.15) is 0 Å². The molecule has 0 saturated heterocycles. The molecule has 1 heteroatoms. The summed E-state index contributed by atoms with van der Waals surface area (Å²) < 4.78 is 0. The van der Waals surface area contributed by atoms with Gasteiger partial charge in [-0.25, -0.2) is 0 Å². The number of rotatable bonds is 0. The van der Waals surface area contributed by atoms with Gasteiger partial charge in [-0.1, -0.05) is 0 Å². The summed E-state index contributed by atoms with van der Waals surface area (Å²) in [4.78, 5) is 0. The number of hydrogen-bond acceptors (Lipinski definition) is 0. The average Bonchev–Trinajstić information content (AvgIpc) is 0.592. The Morgan fingerprint density at radius 1 is 0.571 bits per heavy atom. The van der Waals surface area contributed by atoms with Gasteiger partial charge in [0.1, 0.15) is 0 Å². The molecule has 0 amide bonds. The van der Waals surface area contributed by atoms with Crippen LogP contribution in [0, 0.1) is 0 Å². The molecule has 0 atom stereocenters. The third-order valence-corrected chi connectivity index (χ3v) is 0. The first-order valence-corrected chi connectivity index (χ1v) is 8.05. The first kappa shape index (κ1) is 7.43. The normalized spacial score (nSPS) is 23.1. The molecule has 0 bridgehead atoms. The Balaban J connectivity index is 4.43. The summed E-state index contributed by atoms with van der Waals surface area (Å²) in [6, 6.07) is 0. The van der Waals surface area contributed by atoms with Gasteiger partial charge < -0.3 is 0 Å². The summed E-state index contributed by atoms with van der Waals surface area (Å²) in [5.41, 5.74) is 0. The summed E-state index contributed by atoms with van der Waals surface area (Å²) in [7, 11) is 0. The Hall–Kier alpha value is 0.430. The minimum atomic E-state index is -1.66. The zero-order valence-corrected chi connectivity index (χ0v) is 7.34. The summed E-state index contributed by atoms with van der Waals surface area (Å²) >= 11 is 0. The van der Waals surface area contributed by atoms with Crippen molar-refractivity contribution < 1.29 is 0 Å². The summed E-state index contributed by atoms with van der Waals surface area (Å²) in [5.74, 6) is -1.66. The van der Waals surface area contributed by atoms with Gasteiger partial charge in [-0.05, 0) is 0 Å². The van der Waals surface area contributed by atoms with Crippen molar-refractivity contribution in [2.75, 3.05) is 40.0 Å². The summed E-state index contributed by atoms with van der Waals surface area (Å²) in [5, 5.41) is 0. The van der Waals surface area contributed by atoms with E-state index < -0.39 is 5.94 Å². The van der Waals surface area contributed by atoms with Crippen LogP contribution in [-0.4, -0.2) is 40.0 Å². The second-order valence-corrected chi connectivity index (χ2v) is 20.1. The fourth-order valence-electron chi connectivity index (χ4n) is 0. The zero-order chi connectivity index (χ0) is 6.41. The first-order chi connectivity index (χ1) is 2.45. The second-order valence-electron chi connectivity index (χ2n) is 6.71. The van der Waals surface area contributed by atoms with Crippen molar-refractivity contribution in [3.63, 3.8) is 0 Å².